The summed E-state index contributed by atoms with van der Waals surface area (Å²) in [6.45, 7) is 1.97. The van der Waals surface area contributed by atoms with E-state index in [9.17, 15) is 15.0 Å². The van der Waals surface area contributed by atoms with Crippen molar-refractivity contribution in [2.24, 2.45) is 0 Å². The van der Waals surface area contributed by atoms with E-state index in [0.29, 0.717) is 21.9 Å². The Labute approximate surface area is 122 Å². The molecule has 0 unspecified atom stereocenters. The molecule has 0 aromatic heterocycles. The fraction of sp³-hybridized carbons (Fsp3) is 0.0556. The monoisotopic (exact) mass is 278 g/mol. The van der Waals surface area contributed by atoms with Crippen LogP contribution in [0.3, 0.4) is 0 Å². The molecule has 0 heterocycles. The van der Waals surface area contributed by atoms with Crippen LogP contribution < -0.4 is 0 Å². The van der Waals surface area contributed by atoms with Crippen LogP contribution in [0.5, 0.6) is 11.5 Å². The third kappa shape index (κ3) is 2.34. The van der Waals surface area contributed by atoms with Crippen molar-refractivity contribution in [3.05, 3.63) is 71.3 Å². The first kappa shape index (κ1) is 13.2. The van der Waals surface area contributed by atoms with E-state index in [1.165, 1.54) is 6.07 Å². The third-order valence-corrected chi connectivity index (χ3v) is 3.55. The number of ketones is 1. The van der Waals surface area contributed by atoms with E-state index in [-0.39, 0.29) is 17.3 Å². The van der Waals surface area contributed by atoms with Crippen LogP contribution in [0.1, 0.15) is 21.5 Å². The molecule has 3 aromatic carbocycles. The van der Waals surface area contributed by atoms with Gasteiger partial charge in [0, 0.05) is 16.5 Å². The van der Waals surface area contributed by atoms with Crippen molar-refractivity contribution in [1.82, 2.24) is 0 Å². The summed E-state index contributed by atoms with van der Waals surface area (Å²) in [5.74, 6) is -0.397. The maximum absolute atomic E-state index is 12.4. The molecule has 104 valence electrons. The van der Waals surface area contributed by atoms with Crippen molar-refractivity contribution in [2.45, 2.75) is 6.92 Å². The quantitative estimate of drug-likeness (QED) is 0.554. The second-order valence-electron chi connectivity index (χ2n) is 5.06. The average molecular weight is 278 g/mol. The van der Waals surface area contributed by atoms with E-state index >= 15 is 0 Å². The average Bonchev–Trinajstić information content (AvgIpc) is 2.51. The van der Waals surface area contributed by atoms with Crippen LogP contribution in [0.4, 0.5) is 0 Å². The first-order valence-corrected chi connectivity index (χ1v) is 6.62. The van der Waals surface area contributed by atoms with Crippen LogP contribution in [0.2, 0.25) is 0 Å². The molecule has 0 fully saturated rings. The number of rotatable bonds is 2. The fourth-order valence-corrected chi connectivity index (χ4v) is 2.31. The largest absolute Gasteiger partial charge is 0.504 e. The van der Waals surface area contributed by atoms with Gasteiger partial charge in [0.25, 0.3) is 0 Å². The number of phenolic OH excluding ortho intramolecular Hbond substituents is 2. The molecule has 3 aromatic rings. The van der Waals surface area contributed by atoms with Crippen LogP contribution in [0.15, 0.2) is 54.6 Å². The Balaban J connectivity index is 2.07. The Morgan fingerprint density at radius 3 is 2.24 bits per heavy atom. The lowest BCUT2D eigenvalue weighted by molar-refractivity contribution is 0.103. The molecule has 0 aliphatic heterocycles. The highest BCUT2D eigenvalue weighted by molar-refractivity contribution is 6.11. The molecule has 0 saturated heterocycles. The van der Waals surface area contributed by atoms with Gasteiger partial charge in [-0.3, -0.25) is 4.79 Å². The number of carbonyl (C=O) groups excluding carboxylic acids is 1. The summed E-state index contributed by atoms with van der Waals surface area (Å²) in [6, 6.07) is 15.5. The molecule has 3 heteroatoms. The van der Waals surface area contributed by atoms with E-state index < -0.39 is 0 Å². The van der Waals surface area contributed by atoms with Crippen LogP contribution in [0, 0.1) is 6.92 Å². The molecule has 0 bridgehead atoms. The highest BCUT2D eigenvalue weighted by Gasteiger charge is 2.11. The van der Waals surface area contributed by atoms with Crippen LogP contribution in [0.25, 0.3) is 10.8 Å². The number of aryl methyl sites for hydroxylation is 1. The van der Waals surface area contributed by atoms with Crippen molar-refractivity contribution >= 4 is 16.6 Å². The predicted octanol–water partition coefficient (Wildman–Crippen LogP) is 3.79. The predicted molar refractivity (Wildman–Crippen MR) is 81.9 cm³/mol. The Morgan fingerprint density at radius 1 is 0.857 bits per heavy atom. The van der Waals surface area contributed by atoms with Gasteiger partial charge in [0.15, 0.2) is 17.3 Å². The second-order valence-corrected chi connectivity index (χ2v) is 5.06. The maximum atomic E-state index is 12.4. The zero-order chi connectivity index (χ0) is 15.0. The van der Waals surface area contributed by atoms with Crippen molar-refractivity contribution < 1.29 is 15.0 Å². The molecule has 0 amide bonds. The Morgan fingerprint density at radius 2 is 1.52 bits per heavy atom. The topological polar surface area (TPSA) is 57.5 Å². The Hall–Kier alpha value is -2.81. The first-order valence-electron chi connectivity index (χ1n) is 6.62. The minimum Gasteiger partial charge on any atom is -0.504 e. The molecular weight excluding hydrogens is 264 g/mol. The Kier molecular flexibility index (Phi) is 3.10. The second kappa shape index (κ2) is 4.94. The zero-order valence-corrected chi connectivity index (χ0v) is 11.5. The minimum atomic E-state index is -0.167. The number of phenols is 2. The van der Waals surface area contributed by atoms with Crippen LogP contribution >= 0.6 is 0 Å². The Bertz CT molecular complexity index is 833. The summed E-state index contributed by atoms with van der Waals surface area (Å²) in [6.07, 6.45) is 0. The van der Waals surface area contributed by atoms with Crippen molar-refractivity contribution in [2.75, 3.05) is 0 Å². The lowest BCUT2D eigenvalue weighted by atomic mass is 9.99. The molecule has 2 N–H and O–H groups in total. The molecule has 21 heavy (non-hydrogen) atoms. The summed E-state index contributed by atoms with van der Waals surface area (Å²) in [4.78, 5) is 12.4. The lowest BCUT2D eigenvalue weighted by Gasteiger charge is -2.06. The zero-order valence-electron chi connectivity index (χ0n) is 11.5. The van der Waals surface area contributed by atoms with E-state index in [0.717, 1.165) is 5.56 Å². The summed E-state index contributed by atoms with van der Waals surface area (Å²) in [7, 11) is 0. The number of fused-ring (bicyclic) bond motifs is 1. The van der Waals surface area contributed by atoms with E-state index in [1.807, 2.05) is 19.1 Å². The molecular formula is C18H14O3. The molecule has 3 nitrogen and oxygen atoms in total. The lowest BCUT2D eigenvalue weighted by Crippen LogP contribution is -2.01. The SMILES string of the molecule is Cc1ccc(C(=O)c2ccc3c(O)c(O)ccc3c2)cc1. The first-order chi connectivity index (χ1) is 10.1. The van der Waals surface area contributed by atoms with Gasteiger partial charge in [0.05, 0.1) is 0 Å². The van der Waals surface area contributed by atoms with Gasteiger partial charge in [-0.2, -0.15) is 0 Å². The molecule has 0 aliphatic carbocycles. The minimum absolute atomic E-state index is 0.0653. The number of carbonyl (C=O) groups is 1. The van der Waals surface area contributed by atoms with Crippen molar-refractivity contribution in [3.8, 4) is 11.5 Å². The van der Waals surface area contributed by atoms with E-state index in [2.05, 4.69) is 0 Å². The normalized spacial score (nSPS) is 10.7. The van der Waals surface area contributed by atoms with Crippen molar-refractivity contribution in [3.63, 3.8) is 0 Å². The number of benzene rings is 3. The van der Waals surface area contributed by atoms with Gasteiger partial charge in [-0.25, -0.2) is 0 Å². The van der Waals surface area contributed by atoms with Gasteiger partial charge in [-0.15, -0.1) is 0 Å². The third-order valence-electron chi connectivity index (χ3n) is 3.55. The van der Waals surface area contributed by atoms with E-state index in [4.69, 9.17) is 0 Å². The summed E-state index contributed by atoms with van der Waals surface area (Å²) >= 11 is 0. The molecule has 3 rings (SSSR count). The highest BCUT2D eigenvalue weighted by Crippen LogP contribution is 2.33. The molecule has 0 radical (unpaired) electrons. The van der Waals surface area contributed by atoms with Gasteiger partial charge >= 0.3 is 0 Å². The number of hydrogen-bond donors (Lipinski definition) is 2. The standard InChI is InChI=1S/C18H14O3/c1-11-2-4-12(5-3-11)17(20)14-6-8-15-13(10-14)7-9-16(19)18(15)21/h2-10,19,21H,1H3. The van der Waals surface area contributed by atoms with Gasteiger partial charge in [-0.1, -0.05) is 42.0 Å². The highest BCUT2D eigenvalue weighted by atomic mass is 16.3. The van der Waals surface area contributed by atoms with Crippen molar-refractivity contribution in [1.29, 1.82) is 0 Å². The van der Waals surface area contributed by atoms with Crippen LogP contribution in [-0.4, -0.2) is 16.0 Å². The number of aromatic hydroxyl groups is 2. The molecule has 0 saturated carbocycles. The van der Waals surface area contributed by atoms with E-state index in [1.54, 1.807) is 36.4 Å². The molecule has 0 spiro atoms. The maximum Gasteiger partial charge on any atom is 0.193 e. The molecule has 0 atom stereocenters. The van der Waals surface area contributed by atoms with Gasteiger partial charge in [0.1, 0.15) is 0 Å². The summed E-state index contributed by atoms with van der Waals surface area (Å²) in [5, 5.41) is 20.5. The van der Waals surface area contributed by atoms with Crippen LogP contribution in [-0.2, 0) is 0 Å². The van der Waals surface area contributed by atoms with Gasteiger partial charge < -0.3 is 10.2 Å². The summed E-state index contributed by atoms with van der Waals surface area (Å²) < 4.78 is 0. The number of hydrogen-bond acceptors (Lipinski definition) is 3. The van der Waals surface area contributed by atoms with Gasteiger partial charge in [-0.05, 0) is 30.5 Å². The smallest absolute Gasteiger partial charge is 0.193 e. The fourth-order valence-electron chi connectivity index (χ4n) is 2.31. The molecule has 0 aliphatic rings. The van der Waals surface area contributed by atoms with Gasteiger partial charge in [0.2, 0.25) is 0 Å². The summed E-state index contributed by atoms with van der Waals surface area (Å²) in [5.41, 5.74) is 2.28.